The number of fused-ring (bicyclic) bond motifs is 7. The first-order valence-corrected chi connectivity index (χ1v) is 15.7. The Bertz CT molecular complexity index is 2580. The minimum absolute atomic E-state index is 0.0621. The van der Waals surface area contributed by atoms with Crippen LogP contribution in [0, 0.1) is 74.4 Å². The van der Waals surface area contributed by atoms with Crippen molar-refractivity contribution < 1.29 is 22.0 Å². The molecule has 50 heavy (non-hydrogen) atoms. The van der Waals surface area contributed by atoms with Crippen LogP contribution in [-0.2, 0) is 6.42 Å². The second kappa shape index (κ2) is 12.1. The van der Waals surface area contributed by atoms with Crippen molar-refractivity contribution in [3.8, 4) is 68.8 Å². The Kier molecular flexibility index (Phi) is 7.76. The maximum Gasteiger partial charge on any atom is 0.194 e. The summed E-state index contributed by atoms with van der Waals surface area (Å²) >= 11 is 1.22. The molecule has 0 saturated heterocycles. The summed E-state index contributed by atoms with van der Waals surface area (Å²) in [4.78, 5) is 1.17. The van der Waals surface area contributed by atoms with Crippen LogP contribution in [0.25, 0.3) is 55.7 Å². The largest absolute Gasteiger partial charge is 0.204 e. The minimum Gasteiger partial charge on any atom is -0.204 e. The lowest BCUT2D eigenvalue weighted by molar-refractivity contribution is 0.448. The quantitative estimate of drug-likeness (QED) is 0.0782. The van der Waals surface area contributed by atoms with Gasteiger partial charge in [-0.25, -0.2) is 22.0 Å². The first kappa shape index (κ1) is 32.0. The molecular formula is C40H17F5N4S. The minimum atomic E-state index is -1.60. The zero-order valence-corrected chi connectivity index (χ0v) is 26.4. The van der Waals surface area contributed by atoms with Gasteiger partial charge in [0.05, 0.1) is 24.1 Å². The topological polar surface area (TPSA) is 95.2 Å². The normalized spacial score (nSPS) is 12.9. The summed E-state index contributed by atoms with van der Waals surface area (Å²) in [5, 5.41) is 39.8. The lowest BCUT2D eigenvalue weighted by Crippen LogP contribution is -1.95. The van der Waals surface area contributed by atoms with Crippen LogP contribution >= 0.6 is 11.3 Å². The van der Waals surface area contributed by atoms with E-state index in [2.05, 4.69) is 12.6 Å². The molecule has 4 nitrogen and oxygen atoms in total. The fourth-order valence-corrected chi connectivity index (χ4v) is 8.11. The molecule has 0 radical (unpaired) electrons. The fraction of sp³-hybridized carbons (Fsp3) is 0.0500. The summed E-state index contributed by atoms with van der Waals surface area (Å²) in [5.74, 6) is -6.34. The van der Waals surface area contributed by atoms with Crippen LogP contribution in [0.5, 0.6) is 0 Å². The Hall–Kier alpha value is -6.59. The summed E-state index contributed by atoms with van der Waals surface area (Å²) in [6.07, 6.45) is 1.31. The Balaban J connectivity index is 1.50. The molecule has 0 fully saturated rings. The van der Waals surface area contributed by atoms with Crippen LogP contribution in [0.15, 0.2) is 84.5 Å². The Morgan fingerprint density at radius 1 is 0.620 bits per heavy atom. The third-order valence-electron chi connectivity index (χ3n) is 8.76. The molecule has 0 saturated carbocycles. The van der Waals surface area contributed by atoms with Crippen molar-refractivity contribution in [3.63, 3.8) is 0 Å². The summed E-state index contributed by atoms with van der Waals surface area (Å²) in [6.45, 7) is 3.61. The molecule has 1 aromatic heterocycles. The molecule has 0 bridgehead atoms. The predicted octanol–water partition coefficient (Wildman–Crippen LogP) is 10.6. The van der Waals surface area contributed by atoms with Crippen LogP contribution in [0.2, 0.25) is 0 Å². The molecule has 10 heteroatoms. The van der Waals surface area contributed by atoms with Gasteiger partial charge < -0.3 is 0 Å². The first-order valence-electron chi connectivity index (χ1n) is 14.9. The van der Waals surface area contributed by atoms with E-state index >= 15 is 0 Å². The van der Waals surface area contributed by atoms with Crippen molar-refractivity contribution in [3.05, 3.63) is 140 Å². The second-order valence-electron chi connectivity index (χ2n) is 11.5. The standard InChI is InChI=1S/C40H17F5N4S/c1-2-3-21-10-23(13-30(41)37(21)44)19-4-6-27-29(11-19)34(25(17-48)18-49)40-36(27)35-26-7-5-20(24-14-31(42)38(45)32(43)15-24)12-28(26)33(39(35)50-40)22(16-47)8-9-46/h2,4-7,10-15H,1,3,8H2/b33-22+. The fourth-order valence-electron chi connectivity index (χ4n) is 6.63. The van der Waals surface area contributed by atoms with Gasteiger partial charge in [-0.1, -0.05) is 30.3 Å². The van der Waals surface area contributed by atoms with Crippen LogP contribution in [-0.4, -0.2) is 0 Å². The number of allylic oxidation sites excluding steroid dienone is 3. The third-order valence-corrected chi connectivity index (χ3v) is 9.99. The molecule has 4 aromatic carbocycles. The van der Waals surface area contributed by atoms with Gasteiger partial charge in [-0.2, -0.15) is 21.0 Å². The van der Waals surface area contributed by atoms with Crippen molar-refractivity contribution in [2.75, 3.05) is 0 Å². The number of nitrogens with zero attached hydrogens (tertiary/aromatic N) is 4. The van der Waals surface area contributed by atoms with Gasteiger partial charge in [0.25, 0.3) is 0 Å². The zero-order chi connectivity index (χ0) is 35.4. The smallest absolute Gasteiger partial charge is 0.194 e. The van der Waals surface area contributed by atoms with Crippen LogP contribution in [0.4, 0.5) is 22.0 Å². The van der Waals surface area contributed by atoms with Gasteiger partial charge in [0.15, 0.2) is 29.1 Å². The lowest BCUT2D eigenvalue weighted by atomic mass is 9.93. The van der Waals surface area contributed by atoms with Gasteiger partial charge in [0.2, 0.25) is 0 Å². The van der Waals surface area contributed by atoms with Crippen molar-refractivity contribution in [2.45, 2.75) is 12.8 Å². The van der Waals surface area contributed by atoms with E-state index < -0.39 is 29.1 Å². The van der Waals surface area contributed by atoms with E-state index in [1.165, 1.54) is 23.5 Å². The maximum atomic E-state index is 14.7. The van der Waals surface area contributed by atoms with E-state index in [4.69, 9.17) is 0 Å². The molecule has 2 aliphatic rings. The predicted molar refractivity (Wildman–Crippen MR) is 179 cm³/mol. The number of rotatable bonds is 5. The van der Waals surface area contributed by atoms with Gasteiger partial charge in [-0.05, 0) is 92.9 Å². The van der Waals surface area contributed by atoms with Gasteiger partial charge in [-0.3, -0.25) is 0 Å². The molecular weight excluding hydrogens is 664 g/mol. The Labute approximate surface area is 286 Å². The lowest BCUT2D eigenvalue weighted by Gasteiger charge is -2.11. The Morgan fingerprint density at radius 2 is 1.14 bits per heavy atom. The van der Waals surface area contributed by atoms with Crippen molar-refractivity contribution in [1.29, 1.82) is 21.0 Å². The SMILES string of the molecule is C=CCc1cc(-c2ccc3c(c2)C(=C(C#N)C#N)c2sc4c(c2-3)-c2ccc(-c3cc(F)c(F)c(F)c3)cc2/C4=C(\C#N)CC#N)cc(F)c1F. The van der Waals surface area contributed by atoms with Gasteiger partial charge in [-0.15, -0.1) is 17.9 Å². The highest BCUT2D eigenvalue weighted by Crippen LogP contribution is 2.62. The second-order valence-corrected chi connectivity index (χ2v) is 12.5. The monoisotopic (exact) mass is 680 g/mol. The molecule has 0 N–H and O–H groups in total. The van der Waals surface area contributed by atoms with E-state index in [9.17, 15) is 43.0 Å². The molecule has 5 aromatic rings. The molecule has 0 atom stereocenters. The van der Waals surface area contributed by atoms with Crippen LogP contribution in [0.1, 0.15) is 32.9 Å². The highest BCUT2D eigenvalue weighted by Gasteiger charge is 2.39. The molecule has 7 rings (SSSR count). The molecule has 2 aliphatic carbocycles. The molecule has 0 spiro atoms. The van der Waals surface area contributed by atoms with Gasteiger partial charge >= 0.3 is 0 Å². The summed E-state index contributed by atoms with van der Waals surface area (Å²) in [6, 6.07) is 22.6. The highest BCUT2D eigenvalue weighted by atomic mass is 32.1. The Morgan fingerprint density at radius 3 is 1.66 bits per heavy atom. The first-order chi connectivity index (χ1) is 24.1. The average molecular weight is 681 g/mol. The average Bonchev–Trinajstić information content (AvgIpc) is 3.74. The van der Waals surface area contributed by atoms with E-state index in [0.717, 1.165) is 18.2 Å². The number of benzene rings is 4. The molecule has 0 unspecified atom stereocenters. The highest BCUT2D eigenvalue weighted by molar-refractivity contribution is 7.16. The van der Waals surface area contributed by atoms with E-state index in [1.807, 2.05) is 18.2 Å². The molecule has 1 heterocycles. The number of thiophene rings is 1. The third kappa shape index (κ3) is 4.74. The van der Waals surface area contributed by atoms with E-state index in [-0.39, 0.29) is 35.1 Å². The van der Waals surface area contributed by atoms with Crippen LogP contribution < -0.4 is 0 Å². The van der Waals surface area contributed by atoms with Gasteiger partial charge in [0, 0.05) is 32.0 Å². The van der Waals surface area contributed by atoms with E-state index in [0.29, 0.717) is 71.0 Å². The summed E-state index contributed by atoms with van der Waals surface area (Å²) in [5.41, 5.74) is 5.76. The van der Waals surface area contributed by atoms with E-state index in [1.54, 1.807) is 36.4 Å². The van der Waals surface area contributed by atoms with Crippen molar-refractivity contribution in [1.82, 2.24) is 0 Å². The van der Waals surface area contributed by atoms with Crippen LogP contribution in [0.3, 0.4) is 0 Å². The molecule has 0 aliphatic heterocycles. The van der Waals surface area contributed by atoms with Gasteiger partial charge in [0.1, 0.15) is 17.7 Å². The summed E-state index contributed by atoms with van der Waals surface area (Å²) < 4.78 is 71.4. The van der Waals surface area contributed by atoms with Crippen molar-refractivity contribution in [2.24, 2.45) is 0 Å². The number of nitriles is 4. The summed E-state index contributed by atoms with van der Waals surface area (Å²) in [7, 11) is 0. The maximum absolute atomic E-state index is 14.7. The van der Waals surface area contributed by atoms with Crippen molar-refractivity contribution >= 4 is 22.5 Å². The number of halogens is 5. The number of hydrogen-bond donors (Lipinski definition) is 0. The molecule has 0 amide bonds. The number of hydrogen-bond acceptors (Lipinski definition) is 5. The molecule has 238 valence electrons. The zero-order valence-electron chi connectivity index (χ0n) is 25.6.